The van der Waals surface area contributed by atoms with Gasteiger partial charge in [0.15, 0.2) is 0 Å². The number of amides is 3. The van der Waals surface area contributed by atoms with E-state index in [4.69, 9.17) is 0 Å². The molecule has 0 aromatic heterocycles. The lowest BCUT2D eigenvalue weighted by molar-refractivity contribution is -0.127. The van der Waals surface area contributed by atoms with Crippen molar-refractivity contribution in [3.05, 3.63) is 0 Å². The summed E-state index contributed by atoms with van der Waals surface area (Å²) in [5, 5.41) is 2.66. The van der Waals surface area contributed by atoms with Crippen LogP contribution in [0.25, 0.3) is 0 Å². The number of hydrogen-bond acceptors (Lipinski definition) is 2. The Bertz CT molecular complexity index is 235. The Kier molecular flexibility index (Phi) is 1.56. The summed E-state index contributed by atoms with van der Waals surface area (Å²) in [6, 6.07) is -0.262. The predicted octanol–water partition coefficient (Wildman–Crippen LogP) is 0.479. The molecule has 1 saturated heterocycles. The van der Waals surface area contributed by atoms with E-state index in [1.807, 2.05) is 6.92 Å². The molecule has 1 atom stereocenters. The first-order chi connectivity index (χ1) is 5.74. The molecule has 4 heteroatoms. The molecule has 2 fully saturated rings. The minimum absolute atomic E-state index is 0.0370. The summed E-state index contributed by atoms with van der Waals surface area (Å²) in [5.74, 6) is -0.0370. The van der Waals surface area contributed by atoms with E-state index in [-0.39, 0.29) is 24.0 Å². The molecule has 12 heavy (non-hydrogen) atoms. The highest BCUT2D eigenvalue weighted by Crippen LogP contribution is 2.29. The van der Waals surface area contributed by atoms with Gasteiger partial charge in [-0.05, 0) is 19.3 Å². The number of carbonyl (C=O) groups is 2. The van der Waals surface area contributed by atoms with E-state index in [9.17, 15) is 9.59 Å². The first-order valence-corrected chi connectivity index (χ1v) is 4.37. The van der Waals surface area contributed by atoms with Crippen LogP contribution in [0.1, 0.15) is 26.2 Å². The minimum atomic E-state index is -0.266. The fraction of sp³-hybridized carbons (Fsp3) is 0.750. The average Bonchev–Trinajstić information content (AvgIpc) is 2.80. The van der Waals surface area contributed by atoms with Crippen molar-refractivity contribution in [1.82, 2.24) is 10.2 Å². The molecule has 1 aliphatic heterocycles. The third kappa shape index (κ3) is 0.983. The van der Waals surface area contributed by atoms with Crippen LogP contribution >= 0.6 is 0 Å². The zero-order valence-corrected chi connectivity index (χ0v) is 7.04. The number of carbonyl (C=O) groups excluding carboxylic acids is 2. The maximum atomic E-state index is 11.5. The molecule has 0 unspecified atom stereocenters. The summed E-state index contributed by atoms with van der Waals surface area (Å²) in [6.07, 6.45) is 2.65. The third-order valence-corrected chi connectivity index (χ3v) is 2.37. The Labute approximate surface area is 70.9 Å². The van der Waals surface area contributed by atoms with E-state index in [1.165, 1.54) is 4.90 Å². The first-order valence-electron chi connectivity index (χ1n) is 4.37. The van der Waals surface area contributed by atoms with Crippen LogP contribution < -0.4 is 5.32 Å². The molecule has 0 bridgehead atoms. The smallest absolute Gasteiger partial charge is 0.325 e. The highest BCUT2D eigenvalue weighted by molar-refractivity contribution is 6.04. The summed E-state index contributed by atoms with van der Waals surface area (Å²) in [6.45, 7) is 1.90. The number of nitrogens with one attached hydrogen (secondary N) is 1. The van der Waals surface area contributed by atoms with Crippen molar-refractivity contribution in [2.24, 2.45) is 0 Å². The van der Waals surface area contributed by atoms with Gasteiger partial charge in [0.2, 0.25) is 0 Å². The number of hydrogen-bond donors (Lipinski definition) is 1. The lowest BCUT2D eigenvalue weighted by atomic mass is 10.2. The molecule has 0 radical (unpaired) electrons. The van der Waals surface area contributed by atoms with Crippen molar-refractivity contribution in [1.29, 1.82) is 0 Å². The molecule has 1 heterocycles. The van der Waals surface area contributed by atoms with Gasteiger partial charge in [0.05, 0.1) is 0 Å². The van der Waals surface area contributed by atoms with Crippen LogP contribution in [0.4, 0.5) is 4.79 Å². The van der Waals surface area contributed by atoms with Crippen molar-refractivity contribution < 1.29 is 9.59 Å². The minimum Gasteiger partial charge on any atom is -0.326 e. The topological polar surface area (TPSA) is 49.4 Å². The highest BCUT2D eigenvalue weighted by Gasteiger charge is 2.44. The van der Waals surface area contributed by atoms with Crippen molar-refractivity contribution >= 4 is 11.9 Å². The standard InChI is InChI=1S/C8H12N2O2/c1-2-6-7(11)10(5-3-4-5)8(12)9-6/h5-6H,2-4H2,1H3,(H,9,12)/t6-/m0/s1. The van der Waals surface area contributed by atoms with Crippen LogP contribution in [-0.2, 0) is 4.79 Å². The number of imide groups is 1. The summed E-state index contributed by atoms with van der Waals surface area (Å²) in [5.41, 5.74) is 0. The van der Waals surface area contributed by atoms with Crippen molar-refractivity contribution in [2.75, 3.05) is 0 Å². The lowest BCUT2D eigenvalue weighted by Gasteiger charge is -2.09. The van der Waals surface area contributed by atoms with Crippen LogP contribution in [0.5, 0.6) is 0 Å². The third-order valence-electron chi connectivity index (χ3n) is 2.37. The zero-order chi connectivity index (χ0) is 8.72. The molecule has 2 aliphatic rings. The Morgan fingerprint density at radius 3 is 2.58 bits per heavy atom. The molecule has 0 spiro atoms. The largest absolute Gasteiger partial charge is 0.326 e. The Morgan fingerprint density at radius 2 is 2.17 bits per heavy atom. The summed E-state index contributed by atoms with van der Waals surface area (Å²) in [4.78, 5) is 24.1. The van der Waals surface area contributed by atoms with Gasteiger partial charge in [-0.2, -0.15) is 0 Å². The van der Waals surface area contributed by atoms with Gasteiger partial charge < -0.3 is 5.32 Å². The van der Waals surface area contributed by atoms with Crippen molar-refractivity contribution in [3.8, 4) is 0 Å². The second-order valence-corrected chi connectivity index (χ2v) is 3.35. The maximum Gasteiger partial charge on any atom is 0.325 e. The average molecular weight is 168 g/mol. The molecule has 0 aromatic rings. The van der Waals surface area contributed by atoms with Crippen LogP contribution in [0, 0.1) is 0 Å². The van der Waals surface area contributed by atoms with Gasteiger partial charge in [0.1, 0.15) is 6.04 Å². The van der Waals surface area contributed by atoms with Gasteiger partial charge in [-0.15, -0.1) is 0 Å². The zero-order valence-electron chi connectivity index (χ0n) is 7.04. The van der Waals surface area contributed by atoms with E-state index in [1.54, 1.807) is 0 Å². The number of rotatable bonds is 2. The summed E-state index contributed by atoms with van der Waals surface area (Å²) in [7, 11) is 0. The normalized spacial score (nSPS) is 29.4. The summed E-state index contributed by atoms with van der Waals surface area (Å²) >= 11 is 0. The van der Waals surface area contributed by atoms with Crippen molar-refractivity contribution in [3.63, 3.8) is 0 Å². The Morgan fingerprint density at radius 1 is 1.50 bits per heavy atom. The summed E-state index contributed by atoms with van der Waals surface area (Å²) < 4.78 is 0. The van der Waals surface area contributed by atoms with Crippen LogP contribution in [0.2, 0.25) is 0 Å². The molecular formula is C8H12N2O2. The van der Waals surface area contributed by atoms with Gasteiger partial charge >= 0.3 is 6.03 Å². The number of urea groups is 1. The molecule has 1 saturated carbocycles. The molecule has 1 N–H and O–H groups in total. The van der Waals surface area contributed by atoms with E-state index in [0.717, 1.165) is 12.8 Å². The van der Waals surface area contributed by atoms with Gasteiger partial charge in [-0.1, -0.05) is 6.92 Å². The van der Waals surface area contributed by atoms with E-state index >= 15 is 0 Å². The van der Waals surface area contributed by atoms with Gasteiger partial charge in [-0.25, -0.2) is 4.79 Å². The van der Waals surface area contributed by atoms with Gasteiger partial charge in [-0.3, -0.25) is 9.69 Å². The lowest BCUT2D eigenvalue weighted by Crippen LogP contribution is -2.33. The molecule has 2 rings (SSSR count). The van der Waals surface area contributed by atoms with Gasteiger partial charge in [0, 0.05) is 6.04 Å². The highest BCUT2D eigenvalue weighted by atomic mass is 16.2. The fourth-order valence-corrected chi connectivity index (χ4v) is 1.50. The molecule has 66 valence electrons. The molecule has 3 amide bonds. The monoisotopic (exact) mass is 168 g/mol. The SMILES string of the molecule is CC[C@@H]1NC(=O)N(C2CC2)C1=O. The van der Waals surface area contributed by atoms with E-state index in [0.29, 0.717) is 6.42 Å². The quantitative estimate of drug-likeness (QED) is 0.610. The van der Waals surface area contributed by atoms with Gasteiger partial charge in [0.25, 0.3) is 5.91 Å². The molecule has 0 aromatic carbocycles. The first kappa shape index (κ1) is 7.58. The maximum absolute atomic E-state index is 11.5. The van der Waals surface area contributed by atoms with Crippen LogP contribution in [0.3, 0.4) is 0 Å². The van der Waals surface area contributed by atoms with Crippen LogP contribution in [-0.4, -0.2) is 28.9 Å². The van der Waals surface area contributed by atoms with E-state index in [2.05, 4.69) is 5.32 Å². The second kappa shape index (κ2) is 2.47. The molecule has 4 nitrogen and oxygen atoms in total. The van der Waals surface area contributed by atoms with E-state index < -0.39 is 0 Å². The molecular weight excluding hydrogens is 156 g/mol. The predicted molar refractivity (Wildman–Crippen MR) is 42.5 cm³/mol. The fourth-order valence-electron chi connectivity index (χ4n) is 1.50. The molecule has 1 aliphatic carbocycles. The van der Waals surface area contributed by atoms with Crippen molar-refractivity contribution in [2.45, 2.75) is 38.3 Å². The number of nitrogens with zero attached hydrogens (tertiary/aromatic N) is 1. The second-order valence-electron chi connectivity index (χ2n) is 3.35. The van der Waals surface area contributed by atoms with Crippen LogP contribution in [0.15, 0.2) is 0 Å². The Hall–Kier alpha value is -1.06. The Balaban J connectivity index is 2.13.